The van der Waals surface area contributed by atoms with E-state index in [-0.39, 0.29) is 22.0 Å². The van der Waals surface area contributed by atoms with E-state index < -0.39 is 23.2 Å². The van der Waals surface area contributed by atoms with Gasteiger partial charge in [0.1, 0.15) is 13.3 Å². The van der Waals surface area contributed by atoms with Crippen molar-refractivity contribution in [2.75, 3.05) is 6.66 Å². The van der Waals surface area contributed by atoms with Gasteiger partial charge in [0, 0.05) is 6.66 Å². The Morgan fingerprint density at radius 2 is 1.57 bits per heavy atom. The van der Waals surface area contributed by atoms with Crippen molar-refractivity contribution in [2.24, 2.45) is 22.7 Å². The van der Waals surface area contributed by atoms with Gasteiger partial charge in [-0.25, -0.2) is 4.31 Å². The van der Waals surface area contributed by atoms with E-state index in [2.05, 4.69) is 36.3 Å². The summed E-state index contributed by atoms with van der Waals surface area (Å²) in [7, 11) is -16.0. The molecular weight excluding hydrogens is 513 g/mol. The van der Waals surface area contributed by atoms with Gasteiger partial charge in [0.05, 0.1) is 0 Å². The first-order valence-electron chi connectivity index (χ1n) is 11.9. The monoisotopic (exact) mass is 547 g/mol. The molecule has 3 unspecified atom stereocenters. The first-order valence-corrected chi connectivity index (χ1v) is 16.9. The number of phosphoric ester groups is 1. The molecule has 9 nitrogen and oxygen atoms in total. The Hall–Kier alpha value is -0.490. The fourth-order valence-electron chi connectivity index (χ4n) is 7.95. The molecule has 0 radical (unpaired) electrons. The SMILES string of the molecule is Cc1cc(OP(=O)([O-])OP(=O)([O-])OP(C)(=O)[O-])cc2c1[C@]1(C)CC[C@H]3C(C)(C)CCC[C@]3(C)[C@H]1C2. The fourth-order valence-corrected chi connectivity index (χ4v) is 11.3. The molecular formula is C23H34O9P3-3. The number of rotatable bonds is 6. The van der Waals surface area contributed by atoms with Crippen molar-refractivity contribution < 1.29 is 41.5 Å². The highest BCUT2D eigenvalue weighted by atomic mass is 31.3. The third kappa shape index (κ3) is 5.13. The Morgan fingerprint density at radius 3 is 2.20 bits per heavy atom. The van der Waals surface area contributed by atoms with Crippen molar-refractivity contribution in [3.8, 4) is 5.75 Å². The first-order chi connectivity index (χ1) is 15.8. The lowest BCUT2D eigenvalue weighted by molar-refractivity contribution is -0.240. The molecule has 1 aromatic rings. The summed E-state index contributed by atoms with van der Waals surface area (Å²) in [5.41, 5.74) is 3.49. The van der Waals surface area contributed by atoms with Crippen LogP contribution in [0.2, 0.25) is 0 Å². The fraction of sp³-hybridized carbons (Fsp3) is 0.739. The summed E-state index contributed by atoms with van der Waals surface area (Å²) in [6, 6.07) is 3.20. The number of benzene rings is 1. The molecule has 1 aromatic carbocycles. The molecule has 12 heteroatoms. The second kappa shape index (κ2) is 8.51. The summed E-state index contributed by atoms with van der Waals surface area (Å²) in [6.07, 6.45) is 6.58. The van der Waals surface area contributed by atoms with Gasteiger partial charge in [-0.1, -0.05) is 34.1 Å². The molecule has 7 atom stereocenters. The van der Waals surface area contributed by atoms with Gasteiger partial charge in [-0.3, -0.25) is 13.4 Å². The summed E-state index contributed by atoms with van der Waals surface area (Å²) >= 11 is 0. The molecule has 3 aliphatic rings. The number of hydrogen-bond acceptors (Lipinski definition) is 9. The van der Waals surface area contributed by atoms with Crippen LogP contribution in [0, 0.1) is 29.6 Å². The zero-order chi connectivity index (χ0) is 26.2. The number of phosphoric acid groups is 2. The molecule has 0 aliphatic heterocycles. The van der Waals surface area contributed by atoms with Gasteiger partial charge in [-0.2, -0.15) is 0 Å². The maximum Gasteiger partial charge on any atom is 0.326 e. The van der Waals surface area contributed by atoms with E-state index in [0.29, 0.717) is 18.5 Å². The first kappa shape index (κ1) is 27.5. The van der Waals surface area contributed by atoms with Crippen molar-refractivity contribution >= 4 is 23.2 Å². The van der Waals surface area contributed by atoms with Crippen molar-refractivity contribution in [1.29, 1.82) is 0 Å². The average Bonchev–Trinajstić information content (AvgIpc) is 2.91. The maximum atomic E-state index is 12.3. The molecule has 0 heterocycles. The van der Waals surface area contributed by atoms with Crippen LogP contribution in [-0.4, -0.2) is 6.66 Å². The zero-order valence-electron chi connectivity index (χ0n) is 21.1. The van der Waals surface area contributed by atoms with E-state index in [1.165, 1.54) is 24.8 Å². The molecule has 2 saturated carbocycles. The molecule has 3 aliphatic carbocycles. The minimum absolute atomic E-state index is 0.0384. The number of aryl methyl sites for hydroxylation is 1. The number of fused-ring (bicyclic) bond motifs is 5. The van der Waals surface area contributed by atoms with Gasteiger partial charge in [-0.05, 0) is 95.9 Å². The zero-order valence-corrected chi connectivity index (χ0v) is 23.8. The van der Waals surface area contributed by atoms with Crippen molar-refractivity contribution in [1.82, 2.24) is 0 Å². The van der Waals surface area contributed by atoms with Crippen LogP contribution in [0.3, 0.4) is 0 Å². The summed E-state index contributed by atoms with van der Waals surface area (Å²) in [5.74, 6) is 0.942. The van der Waals surface area contributed by atoms with E-state index in [1.54, 1.807) is 12.1 Å². The van der Waals surface area contributed by atoms with Crippen LogP contribution < -0.4 is 19.2 Å². The lowest BCUT2D eigenvalue weighted by atomic mass is 9.43. The lowest BCUT2D eigenvalue weighted by Gasteiger charge is -2.61. The van der Waals surface area contributed by atoms with E-state index in [4.69, 9.17) is 4.52 Å². The van der Waals surface area contributed by atoms with E-state index in [1.807, 2.05) is 6.92 Å². The second-order valence-corrected chi connectivity index (χ2v) is 16.6. The van der Waals surface area contributed by atoms with Crippen molar-refractivity contribution in [3.05, 3.63) is 28.8 Å². The predicted molar refractivity (Wildman–Crippen MR) is 126 cm³/mol. The summed E-state index contributed by atoms with van der Waals surface area (Å²) < 4.78 is 47.8. The summed E-state index contributed by atoms with van der Waals surface area (Å²) in [4.78, 5) is 35.1. The molecule has 2 fully saturated rings. The Bertz CT molecular complexity index is 1180. The third-order valence-electron chi connectivity index (χ3n) is 8.84. The molecule has 0 saturated heterocycles. The molecule has 198 valence electrons. The Morgan fingerprint density at radius 1 is 0.914 bits per heavy atom. The minimum Gasteiger partial charge on any atom is -0.778 e. The smallest absolute Gasteiger partial charge is 0.326 e. The van der Waals surface area contributed by atoms with Crippen LogP contribution in [0.4, 0.5) is 0 Å². The second-order valence-electron chi connectivity index (χ2n) is 11.8. The summed E-state index contributed by atoms with van der Waals surface area (Å²) in [5, 5.41) is 0. The van der Waals surface area contributed by atoms with Crippen LogP contribution in [-0.2, 0) is 34.2 Å². The van der Waals surface area contributed by atoms with Crippen LogP contribution >= 0.6 is 23.2 Å². The quantitative estimate of drug-likeness (QED) is 0.467. The topological polar surface area (TPSA) is 148 Å². The van der Waals surface area contributed by atoms with Crippen LogP contribution in [0.15, 0.2) is 12.1 Å². The predicted octanol–water partition coefficient (Wildman–Crippen LogP) is 4.58. The largest absolute Gasteiger partial charge is 0.778 e. The molecule has 0 aromatic heterocycles. The minimum atomic E-state index is -5.70. The maximum absolute atomic E-state index is 12.3. The highest BCUT2D eigenvalue weighted by Gasteiger charge is 2.61. The van der Waals surface area contributed by atoms with Gasteiger partial charge in [-0.15, -0.1) is 0 Å². The van der Waals surface area contributed by atoms with Gasteiger partial charge < -0.3 is 23.8 Å². The van der Waals surface area contributed by atoms with Crippen LogP contribution in [0.25, 0.3) is 0 Å². The van der Waals surface area contributed by atoms with E-state index in [9.17, 15) is 28.4 Å². The molecule has 4 rings (SSSR count). The number of hydrogen-bond donors (Lipinski definition) is 0. The standard InChI is InChI=1S/C23H37O9P3/c1-15-12-17(30-34(26,27)32-35(28,29)31-33(6,24)25)13-16-14-19-22(4)10-7-9-21(2,3)18(22)8-11-23(19,5)20(15)16/h12-13,18-19H,7-11,14H2,1-6H3,(H,24,25)(H,26,27)(H,28,29)/p-3/t18-,19+,22-,23+/m0/s1. The molecule has 0 spiro atoms. The highest BCUT2D eigenvalue weighted by Crippen LogP contribution is 2.68. The molecule has 35 heavy (non-hydrogen) atoms. The Balaban J connectivity index is 1.63. The lowest BCUT2D eigenvalue weighted by Crippen LogP contribution is -2.55. The summed E-state index contributed by atoms with van der Waals surface area (Å²) in [6.45, 7) is 11.9. The molecule has 0 amide bonds. The van der Waals surface area contributed by atoms with E-state index in [0.717, 1.165) is 30.4 Å². The van der Waals surface area contributed by atoms with Gasteiger partial charge in [0.2, 0.25) is 0 Å². The van der Waals surface area contributed by atoms with Gasteiger partial charge in [0.25, 0.3) is 7.82 Å². The van der Waals surface area contributed by atoms with Crippen molar-refractivity contribution in [3.63, 3.8) is 0 Å². The van der Waals surface area contributed by atoms with Crippen molar-refractivity contribution in [2.45, 2.75) is 78.6 Å². The van der Waals surface area contributed by atoms with Crippen LogP contribution in [0.1, 0.15) is 76.5 Å². The Labute approximate surface area is 207 Å². The third-order valence-corrected chi connectivity index (χ3v) is 12.9. The van der Waals surface area contributed by atoms with Crippen LogP contribution in [0.5, 0.6) is 5.75 Å². The Kier molecular flexibility index (Phi) is 6.70. The molecule has 0 N–H and O–H groups in total. The average molecular weight is 547 g/mol. The van der Waals surface area contributed by atoms with E-state index >= 15 is 0 Å². The molecule has 0 bridgehead atoms. The van der Waals surface area contributed by atoms with Gasteiger partial charge >= 0.3 is 7.82 Å². The normalized spacial score (nSPS) is 36.6. The van der Waals surface area contributed by atoms with Gasteiger partial charge in [0.15, 0.2) is 0 Å². The highest BCUT2D eigenvalue weighted by molar-refractivity contribution is 7.66.